The Kier molecular flexibility index (Phi) is 5.51. The molecule has 0 atom stereocenters. The van der Waals surface area contributed by atoms with Gasteiger partial charge in [0.15, 0.2) is 0 Å². The molecular formula is C20H27N3O2. The number of aromatic nitrogens is 2. The van der Waals surface area contributed by atoms with Crippen molar-refractivity contribution < 1.29 is 9.53 Å². The highest BCUT2D eigenvalue weighted by Gasteiger charge is 2.24. The van der Waals surface area contributed by atoms with E-state index in [9.17, 15) is 4.79 Å². The molecule has 0 radical (unpaired) electrons. The summed E-state index contributed by atoms with van der Waals surface area (Å²) in [5, 5.41) is 4.62. The van der Waals surface area contributed by atoms with Gasteiger partial charge in [0, 0.05) is 17.8 Å². The maximum atomic E-state index is 11.4. The zero-order valence-corrected chi connectivity index (χ0v) is 15.3. The quantitative estimate of drug-likeness (QED) is 0.815. The van der Waals surface area contributed by atoms with Crippen molar-refractivity contribution in [2.45, 2.75) is 70.9 Å². The number of rotatable bonds is 5. The van der Waals surface area contributed by atoms with E-state index in [-0.39, 0.29) is 12.1 Å². The fraction of sp³-hybridized carbons (Fsp3) is 0.550. The van der Waals surface area contributed by atoms with Crippen molar-refractivity contribution in [1.29, 1.82) is 0 Å². The highest BCUT2D eigenvalue weighted by Crippen LogP contribution is 2.27. The van der Waals surface area contributed by atoms with Gasteiger partial charge in [-0.05, 0) is 37.7 Å². The van der Waals surface area contributed by atoms with E-state index >= 15 is 0 Å². The Balaban J connectivity index is 1.69. The van der Waals surface area contributed by atoms with E-state index in [2.05, 4.69) is 30.2 Å². The standard InChI is InChI=1S/C20H27N3O2/c1-4-18(24)25-15-11-9-14(10-12-15)21-20-22-17-8-6-5-7-16(17)19(23-20)13(2)3/h5-8,13-15H,4,9-12H2,1-3H3,(H,21,22,23). The predicted molar refractivity (Wildman–Crippen MR) is 99.7 cm³/mol. The molecule has 25 heavy (non-hydrogen) atoms. The molecule has 0 saturated heterocycles. The van der Waals surface area contributed by atoms with E-state index in [0.717, 1.165) is 42.3 Å². The molecule has 5 heteroatoms. The third-order valence-electron chi connectivity index (χ3n) is 4.77. The second kappa shape index (κ2) is 7.81. The van der Waals surface area contributed by atoms with Gasteiger partial charge in [0.25, 0.3) is 0 Å². The molecule has 1 aromatic heterocycles. The Hall–Kier alpha value is -2.17. The molecule has 0 unspecified atom stereocenters. The van der Waals surface area contributed by atoms with Crippen LogP contribution in [0.15, 0.2) is 24.3 Å². The predicted octanol–water partition coefficient (Wildman–Crippen LogP) is 4.43. The lowest BCUT2D eigenvalue weighted by Crippen LogP contribution is -2.31. The Bertz CT molecular complexity index is 737. The lowest BCUT2D eigenvalue weighted by molar-refractivity contribution is -0.150. The maximum Gasteiger partial charge on any atom is 0.305 e. The number of nitrogens with one attached hydrogen (secondary N) is 1. The van der Waals surface area contributed by atoms with Crippen molar-refractivity contribution in [3.8, 4) is 0 Å². The molecule has 1 N–H and O–H groups in total. The zero-order valence-electron chi connectivity index (χ0n) is 15.3. The smallest absolute Gasteiger partial charge is 0.305 e. The van der Waals surface area contributed by atoms with Crippen LogP contribution < -0.4 is 5.32 Å². The molecule has 1 saturated carbocycles. The van der Waals surface area contributed by atoms with Crippen molar-refractivity contribution in [3.63, 3.8) is 0 Å². The molecular weight excluding hydrogens is 314 g/mol. The molecule has 1 heterocycles. The van der Waals surface area contributed by atoms with Crippen LogP contribution in [-0.2, 0) is 9.53 Å². The first-order valence-corrected chi connectivity index (χ1v) is 9.29. The average molecular weight is 341 g/mol. The van der Waals surface area contributed by atoms with Gasteiger partial charge in [-0.15, -0.1) is 0 Å². The van der Waals surface area contributed by atoms with Crippen LogP contribution in [0.25, 0.3) is 10.9 Å². The van der Waals surface area contributed by atoms with Gasteiger partial charge < -0.3 is 10.1 Å². The number of benzene rings is 1. The summed E-state index contributed by atoms with van der Waals surface area (Å²) in [4.78, 5) is 20.9. The van der Waals surface area contributed by atoms with E-state index < -0.39 is 0 Å². The monoisotopic (exact) mass is 341 g/mol. The van der Waals surface area contributed by atoms with Gasteiger partial charge in [-0.25, -0.2) is 9.97 Å². The number of carbonyl (C=O) groups is 1. The maximum absolute atomic E-state index is 11.4. The van der Waals surface area contributed by atoms with E-state index in [0.29, 0.717) is 24.3 Å². The summed E-state index contributed by atoms with van der Waals surface area (Å²) < 4.78 is 5.45. The van der Waals surface area contributed by atoms with Gasteiger partial charge in [0.1, 0.15) is 6.10 Å². The van der Waals surface area contributed by atoms with Crippen LogP contribution in [0.3, 0.4) is 0 Å². The topological polar surface area (TPSA) is 64.1 Å². The SMILES string of the molecule is CCC(=O)OC1CCC(Nc2nc(C(C)C)c3ccccc3n2)CC1. The first-order valence-electron chi connectivity index (χ1n) is 9.29. The molecule has 3 rings (SSSR count). The Morgan fingerprint density at radius 2 is 1.92 bits per heavy atom. The summed E-state index contributed by atoms with van der Waals surface area (Å²) in [7, 11) is 0. The molecule has 0 aliphatic heterocycles. The van der Waals surface area contributed by atoms with Gasteiger partial charge in [0.05, 0.1) is 11.2 Å². The van der Waals surface area contributed by atoms with Crippen molar-refractivity contribution in [2.24, 2.45) is 0 Å². The van der Waals surface area contributed by atoms with Crippen LogP contribution in [0.1, 0.15) is 64.5 Å². The van der Waals surface area contributed by atoms with Gasteiger partial charge in [-0.1, -0.05) is 39.0 Å². The lowest BCUT2D eigenvalue weighted by atomic mass is 9.93. The number of carbonyl (C=O) groups excluding carboxylic acids is 1. The van der Waals surface area contributed by atoms with E-state index in [1.807, 2.05) is 25.1 Å². The summed E-state index contributed by atoms with van der Waals surface area (Å²) in [6.07, 6.45) is 4.24. The van der Waals surface area contributed by atoms with Crippen LogP contribution in [0.5, 0.6) is 0 Å². The number of hydrogen-bond acceptors (Lipinski definition) is 5. The minimum atomic E-state index is -0.101. The van der Waals surface area contributed by atoms with E-state index in [4.69, 9.17) is 9.72 Å². The number of fused-ring (bicyclic) bond motifs is 1. The molecule has 5 nitrogen and oxygen atoms in total. The average Bonchev–Trinajstić information content (AvgIpc) is 2.62. The highest BCUT2D eigenvalue weighted by molar-refractivity contribution is 5.82. The normalized spacial score (nSPS) is 20.6. The van der Waals surface area contributed by atoms with Crippen LogP contribution in [-0.4, -0.2) is 28.1 Å². The lowest BCUT2D eigenvalue weighted by Gasteiger charge is -2.29. The molecule has 1 aromatic carbocycles. The summed E-state index contributed by atoms with van der Waals surface area (Å²) in [5.41, 5.74) is 2.06. The van der Waals surface area contributed by atoms with Gasteiger partial charge in [-0.2, -0.15) is 0 Å². The largest absolute Gasteiger partial charge is 0.462 e. The molecule has 0 bridgehead atoms. The van der Waals surface area contributed by atoms with Crippen LogP contribution >= 0.6 is 0 Å². The molecule has 1 fully saturated rings. The molecule has 1 aliphatic rings. The van der Waals surface area contributed by atoms with Gasteiger partial charge in [-0.3, -0.25) is 4.79 Å². The number of nitrogens with zero attached hydrogens (tertiary/aromatic N) is 2. The van der Waals surface area contributed by atoms with Crippen LogP contribution in [0, 0.1) is 0 Å². The minimum absolute atomic E-state index is 0.0641. The van der Waals surface area contributed by atoms with E-state index in [1.54, 1.807) is 0 Å². The Morgan fingerprint density at radius 1 is 1.20 bits per heavy atom. The number of esters is 1. The number of para-hydroxylation sites is 1. The summed E-state index contributed by atoms with van der Waals surface area (Å²) in [6.45, 7) is 6.15. The van der Waals surface area contributed by atoms with Crippen molar-refractivity contribution >= 4 is 22.8 Å². The van der Waals surface area contributed by atoms with Gasteiger partial charge in [0.2, 0.25) is 5.95 Å². The van der Waals surface area contributed by atoms with E-state index in [1.165, 1.54) is 0 Å². The fourth-order valence-electron chi connectivity index (χ4n) is 3.38. The summed E-state index contributed by atoms with van der Waals surface area (Å²) in [5.74, 6) is 0.949. The molecule has 0 amide bonds. The van der Waals surface area contributed by atoms with Crippen molar-refractivity contribution in [2.75, 3.05) is 5.32 Å². The molecule has 0 spiro atoms. The molecule has 134 valence electrons. The minimum Gasteiger partial charge on any atom is -0.462 e. The third-order valence-corrected chi connectivity index (χ3v) is 4.77. The Labute approximate surface area is 149 Å². The van der Waals surface area contributed by atoms with Crippen molar-refractivity contribution in [3.05, 3.63) is 30.0 Å². The highest BCUT2D eigenvalue weighted by atomic mass is 16.5. The second-order valence-electron chi connectivity index (χ2n) is 7.07. The first kappa shape index (κ1) is 17.6. The summed E-state index contributed by atoms with van der Waals surface area (Å²) >= 11 is 0. The number of ether oxygens (including phenoxy) is 1. The fourth-order valence-corrected chi connectivity index (χ4v) is 3.38. The van der Waals surface area contributed by atoms with Crippen molar-refractivity contribution in [1.82, 2.24) is 9.97 Å². The Morgan fingerprint density at radius 3 is 2.60 bits per heavy atom. The first-order chi connectivity index (χ1) is 12.1. The zero-order chi connectivity index (χ0) is 17.8. The summed E-state index contributed by atoms with van der Waals surface area (Å²) in [6, 6.07) is 8.49. The number of hydrogen-bond donors (Lipinski definition) is 1. The van der Waals surface area contributed by atoms with Crippen LogP contribution in [0.2, 0.25) is 0 Å². The van der Waals surface area contributed by atoms with Gasteiger partial charge >= 0.3 is 5.97 Å². The third kappa shape index (κ3) is 4.27. The van der Waals surface area contributed by atoms with Crippen LogP contribution in [0.4, 0.5) is 5.95 Å². The molecule has 1 aliphatic carbocycles. The molecule has 2 aromatic rings. The number of anilines is 1. The second-order valence-corrected chi connectivity index (χ2v) is 7.07.